The first kappa shape index (κ1) is 15.0. The lowest BCUT2D eigenvalue weighted by molar-refractivity contribution is 0.202. The number of hydrogen-bond donors (Lipinski definition) is 1. The summed E-state index contributed by atoms with van der Waals surface area (Å²) < 4.78 is 0. The average Bonchev–Trinajstić information content (AvgIpc) is 2.26. The van der Waals surface area contributed by atoms with E-state index in [2.05, 4.69) is 31.1 Å². The minimum Gasteiger partial charge on any atom is -0.314 e. The summed E-state index contributed by atoms with van der Waals surface area (Å²) in [6, 6.07) is 0.701. The van der Waals surface area contributed by atoms with Crippen LogP contribution in [0.3, 0.4) is 0 Å². The Morgan fingerprint density at radius 1 is 1.29 bits per heavy atom. The molecule has 1 aliphatic carbocycles. The van der Waals surface area contributed by atoms with Crippen LogP contribution in [-0.2, 0) is 0 Å². The fraction of sp³-hybridized carbons (Fsp3) is 1.00. The van der Waals surface area contributed by atoms with Gasteiger partial charge in [0.25, 0.3) is 0 Å². The molecule has 1 N–H and O–H groups in total. The van der Waals surface area contributed by atoms with Crippen LogP contribution in [0.1, 0.15) is 58.8 Å². The maximum absolute atomic E-state index is 3.56. The molecule has 1 saturated carbocycles. The maximum Gasteiger partial charge on any atom is 0.00387 e. The number of rotatable bonds is 10. The van der Waals surface area contributed by atoms with E-state index in [0.29, 0.717) is 6.04 Å². The Bertz CT molecular complexity index is 178. The molecule has 0 aromatic carbocycles. The van der Waals surface area contributed by atoms with E-state index in [4.69, 9.17) is 0 Å². The summed E-state index contributed by atoms with van der Waals surface area (Å²) in [5.74, 6) is 1.02. The molecule has 0 amide bonds. The van der Waals surface area contributed by atoms with Crippen molar-refractivity contribution in [2.24, 2.45) is 5.92 Å². The lowest BCUT2D eigenvalue weighted by Gasteiger charge is -2.30. The van der Waals surface area contributed by atoms with Crippen LogP contribution in [0.4, 0.5) is 0 Å². The van der Waals surface area contributed by atoms with E-state index in [1.165, 1.54) is 64.6 Å². The van der Waals surface area contributed by atoms with E-state index in [1.807, 2.05) is 0 Å². The normalized spacial score (nSPS) is 18.4. The van der Waals surface area contributed by atoms with Crippen LogP contribution in [0.2, 0.25) is 0 Å². The summed E-state index contributed by atoms with van der Waals surface area (Å²) in [6.07, 6.45) is 9.73. The van der Waals surface area contributed by atoms with Crippen molar-refractivity contribution in [1.29, 1.82) is 0 Å². The van der Waals surface area contributed by atoms with Crippen molar-refractivity contribution in [3.63, 3.8) is 0 Å². The van der Waals surface area contributed by atoms with E-state index in [0.717, 1.165) is 5.92 Å². The molecule has 0 heterocycles. The summed E-state index contributed by atoms with van der Waals surface area (Å²) in [6.45, 7) is 8.34. The van der Waals surface area contributed by atoms with E-state index in [1.54, 1.807) is 0 Å². The monoisotopic (exact) mass is 240 g/mol. The molecular weight excluding hydrogens is 208 g/mol. The number of unbranched alkanes of at least 4 members (excludes halogenated alkanes) is 1. The van der Waals surface area contributed by atoms with E-state index in [-0.39, 0.29) is 0 Å². The van der Waals surface area contributed by atoms with Gasteiger partial charge in [-0.25, -0.2) is 0 Å². The highest BCUT2D eigenvalue weighted by atomic mass is 15.1. The Hall–Kier alpha value is -0.0800. The molecule has 1 atom stereocenters. The molecule has 0 aromatic rings. The van der Waals surface area contributed by atoms with Gasteiger partial charge >= 0.3 is 0 Å². The molecule has 0 saturated heterocycles. The molecule has 2 heteroatoms. The Labute approximate surface area is 108 Å². The van der Waals surface area contributed by atoms with Gasteiger partial charge in [-0.3, -0.25) is 0 Å². The number of hydrogen-bond acceptors (Lipinski definition) is 2. The first-order valence-electron chi connectivity index (χ1n) is 7.64. The second-order valence-corrected chi connectivity index (χ2v) is 5.91. The zero-order chi connectivity index (χ0) is 12.5. The van der Waals surface area contributed by atoms with Gasteiger partial charge < -0.3 is 10.2 Å². The third-order valence-electron chi connectivity index (χ3n) is 3.96. The first-order chi connectivity index (χ1) is 8.22. The number of nitrogens with zero attached hydrogens (tertiary/aromatic N) is 1. The van der Waals surface area contributed by atoms with Crippen molar-refractivity contribution in [1.82, 2.24) is 10.2 Å². The molecule has 1 rings (SSSR count). The Kier molecular flexibility index (Phi) is 7.87. The van der Waals surface area contributed by atoms with E-state index < -0.39 is 0 Å². The molecule has 0 bridgehead atoms. The van der Waals surface area contributed by atoms with E-state index in [9.17, 15) is 0 Å². The van der Waals surface area contributed by atoms with Crippen LogP contribution in [0.15, 0.2) is 0 Å². The Morgan fingerprint density at radius 2 is 2.06 bits per heavy atom. The zero-order valence-electron chi connectivity index (χ0n) is 12.2. The van der Waals surface area contributed by atoms with Crippen LogP contribution in [0.5, 0.6) is 0 Å². The lowest BCUT2D eigenvalue weighted by atomic mass is 9.85. The van der Waals surface area contributed by atoms with Crippen LogP contribution in [0.25, 0.3) is 0 Å². The average molecular weight is 240 g/mol. The summed E-state index contributed by atoms with van der Waals surface area (Å²) in [7, 11) is 2.29. The highest BCUT2D eigenvalue weighted by molar-refractivity contribution is 4.72. The molecule has 1 fully saturated rings. The third-order valence-corrected chi connectivity index (χ3v) is 3.96. The molecule has 102 valence electrons. The molecule has 0 spiro atoms. The summed E-state index contributed by atoms with van der Waals surface area (Å²) in [5.41, 5.74) is 0. The molecule has 0 radical (unpaired) electrons. The smallest absolute Gasteiger partial charge is 0.00387 e. The molecule has 1 aliphatic rings. The number of nitrogens with one attached hydrogen (secondary N) is 1. The Morgan fingerprint density at radius 3 is 2.65 bits per heavy atom. The highest BCUT2D eigenvalue weighted by Gasteiger charge is 2.18. The lowest BCUT2D eigenvalue weighted by Crippen LogP contribution is -2.30. The van der Waals surface area contributed by atoms with Crippen LogP contribution in [-0.4, -0.2) is 37.6 Å². The topological polar surface area (TPSA) is 15.3 Å². The fourth-order valence-electron chi connectivity index (χ4n) is 2.53. The third kappa shape index (κ3) is 7.05. The highest BCUT2D eigenvalue weighted by Crippen LogP contribution is 2.26. The minimum atomic E-state index is 0.701. The minimum absolute atomic E-state index is 0.701. The van der Waals surface area contributed by atoms with Gasteiger partial charge in [0.15, 0.2) is 0 Å². The molecule has 1 unspecified atom stereocenters. The van der Waals surface area contributed by atoms with Crippen molar-refractivity contribution in [2.75, 3.05) is 26.7 Å². The molecular formula is C15H32N2. The van der Waals surface area contributed by atoms with Gasteiger partial charge in [-0.2, -0.15) is 0 Å². The second kappa shape index (κ2) is 8.93. The van der Waals surface area contributed by atoms with Crippen molar-refractivity contribution < 1.29 is 0 Å². The van der Waals surface area contributed by atoms with Gasteiger partial charge in [-0.1, -0.05) is 19.8 Å². The maximum atomic E-state index is 3.56. The largest absolute Gasteiger partial charge is 0.314 e. The van der Waals surface area contributed by atoms with Gasteiger partial charge in [-0.05, 0) is 65.1 Å². The van der Waals surface area contributed by atoms with Gasteiger partial charge in [0.05, 0.1) is 0 Å². The molecule has 0 aliphatic heterocycles. The predicted octanol–water partition coefficient (Wildman–Crippen LogP) is 3.28. The van der Waals surface area contributed by atoms with Gasteiger partial charge in [0.1, 0.15) is 0 Å². The van der Waals surface area contributed by atoms with Crippen molar-refractivity contribution in [2.45, 2.75) is 64.8 Å². The van der Waals surface area contributed by atoms with Gasteiger partial charge in [0.2, 0.25) is 0 Å². The van der Waals surface area contributed by atoms with E-state index >= 15 is 0 Å². The summed E-state index contributed by atoms with van der Waals surface area (Å²) >= 11 is 0. The fourth-order valence-corrected chi connectivity index (χ4v) is 2.53. The SMILES string of the molecule is CCCNC(C)CCCCN(C)CC1CCC1. The summed E-state index contributed by atoms with van der Waals surface area (Å²) in [4.78, 5) is 2.54. The van der Waals surface area contributed by atoms with Crippen LogP contribution >= 0.6 is 0 Å². The van der Waals surface area contributed by atoms with Crippen molar-refractivity contribution in [3.8, 4) is 0 Å². The van der Waals surface area contributed by atoms with Crippen molar-refractivity contribution >= 4 is 0 Å². The van der Waals surface area contributed by atoms with Crippen LogP contribution < -0.4 is 5.32 Å². The van der Waals surface area contributed by atoms with Crippen molar-refractivity contribution in [3.05, 3.63) is 0 Å². The quantitative estimate of drug-likeness (QED) is 0.590. The molecule has 17 heavy (non-hydrogen) atoms. The zero-order valence-corrected chi connectivity index (χ0v) is 12.2. The standard InChI is InChI=1S/C15H32N2/c1-4-11-16-14(2)8-5-6-12-17(3)13-15-9-7-10-15/h14-16H,4-13H2,1-3H3. The first-order valence-corrected chi connectivity index (χ1v) is 7.64. The van der Waals surface area contributed by atoms with Gasteiger partial charge in [0, 0.05) is 12.6 Å². The van der Waals surface area contributed by atoms with Gasteiger partial charge in [-0.15, -0.1) is 0 Å². The predicted molar refractivity (Wildman–Crippen MR) is 76.4 cm³/mol. The molecule has 2 nitrogen and oxygen atoms in total. The Balaban J connectivity index is 1.88. The second-order valence-electron chi connectivity index (χ2n) is 5.91. The van der Waals surface area contributed by atoms with Crippen LogP contribution in [0, 0.1) is 5.92 Å². The summed E-state index contributed by atoms with van der Waals surface area (Å²) in [5, 5.41) is 3.56. The molecule has 0 aromatic heterocycles.